The van der Waals surface area contributed by atoms with Gasteiger partial charge in [-0.3, -0.25) is 4.79 Å². The van der Waals surface area contributed by atoms with E-state index in [-0.39, 0.29) is 29.6 Å². The first kappa shape index (κ1) is 19.8. The minimum absolute atomic E-state index is 0.0131. The molecule has 8 nitrogen and oxygen atoms in total. The number of carbonyl (C=O) groups excluding carboxylic acids is 1. The summed E-state index contributed by atoms with van der Waals surface area (Å²) in [5.74, 6) is -0.507. The molecular weight excluding hydrogens is 356 g/mol. The van der Waals surface area contributed by atoms with Crippen LogP contribution in [0.25, 0.3) is 11.3 Å². The second kappa shape index (κ2) is 7.38. The number of sulfone groups is 1. The molecule has 140 valence electrons. The molecule has 2 aromatic rings. The highest BCUT2D eigenvalue weighted by Gasteiger charge is 2.20. The number of benzene rings is 1. The van der Waals surface area contributed by atoms with Gasteiger partial charge in [0.2, 0.25) is 0 Å². The fourth-order valence-corrected chi connectivity index (χ4v) is 2.67. The van der Waals surface area contributed by atoms with Gasteiger partial charge in [0.15, 0.2) is 21.3 Å². The van der Waals surface area contributed by atoms with Gasteiger partial charge in [0.05, 0.1) is 16.8 Å². The maximum Gasteiger partial charge on any atom is 0.273 e. The number of nitrogens with one attached hydrogen (secondary N) is 1. The fraction of sp³-hybridized carbons (Fsp3) is 0.353. The Balaban J connectivity index is 2.28. The van der Waals surface area contributed by atoms with E-state index in [0.717, 1.165) is 6.26 Å². The number of rotatable bonds is 6. The minimum Gasteiger partial charge on any atom is -0.396 e. The molecule has 0 aliphatic rings. The lowest BCUT2D eigenvalue weighted by Gasteiger charge is -2.21. The summed E-state index contributed by atoms with van der Waals surface area (Å²) >= 11 is 0. The van der Waals surface area contributed by atoms with Crippen molar-refractivity contribution >= 4 is 21.6 Å². The molecule has 0 aliphatic heterocycles. The highest BCUT2D eigenvalue weighted by atomic mass is 32.2. The number of aliphatic hydroxyl groups excluding tert-OH is 1. The normalized spacial score (nSPS) is 12.0. The third kappa shape index (κ3) is 4.77. The number of nitrogen functional groups attached to an aromatic ring is 1. The molecule has 26 heavy (non-hydrogen) atoms. The molecule has 1 heterocycles. The second-order valence-electron chi connectivity index (χ2n) is 6.79. The van der Waals surface area contributed by atoms with Crippen molar-refractivity contribution in [3.05, 3.63) is 36.2 Å². The van der Waals surface area contributed by atoms with Crippen LogP contribution in [0.3, 0.4) is 0 Å². The zero-order valence-electron chi connectivity index (χ0n) is 14.9. The van der Waals surface area contributed by atoms with Gasteiger partial charge in [0.1, 0.15) is 0 Å². The standard InChI is InChI=1S/C17H22N4O4S/c1-17(2,10-22)9-20-16(23)14-15(18)19-8-13(21-14)11-4-6-12(7-5-11)26(3,24)25/h4-8,22H,9-10H2,1-3H3,(H2,18,19)(H,20,23). The van der Waals surface area contributed by atoms with Crippen LogP contribution in [0.4, 0.5) is 5.82 Å². The molecule has 9 heteroatoms. The number of hydrogen-bond donors (Lipinski definition) is 3. The van der Waals surface area contributed by atoms with E-state index in [1.54, 1.807) is 12.1 Å². The largest absolute Gasteiger partial charge is 0.396 e. The van der Waals surface area contributed by atoms with E-state index in [1.807, 2.05) is 13.8 Å². The van der Waals surface area contributed by atoms with Gasteiger partial charge in [-0.25, -0.2) is 18.4 Å². The smallest absolute Gasteiger partial charge is 0.273 e. The van der Waals surface area contributed by atoms with Crippen molar-refractivity contribution < 1.29 is 18.3 Å². The molecule has 0 fully saturated rings. The summed E-state index contributed by atoms with van der Waals surface area (Å²) in [5, 5.41) is 11.9. The summed E-state index contributed by atoms with van der Waals surface area (Å²) in [6.45, 7) is 3.78. The summed E-state index contributed by atoms with van der Waals surface area (Å²) in [4.78, 5) is 20.8. The van der Waals surface area contributed by atoms with Gasteiger partial charge in [0.25, 0.3) is 5.91 Å². The van der Waals surface area contributed by atoms with Crippen LogP contribution in [0.2, 0.25) is 0 Å². The Morgan fingerprint density at radius 2 is 1.88 bits per heavy atom. The molecule has 1 amide bonds. The van der Waals surface area contributed by atoms with Gasteiger partial charge in [-0.15, -0.1) is 0 Å². The molecule has 0 atom stereocenters. The number of carbonyl (C=O) groups is 1. The van der Waals surface area contributed by atoms with Crippen LogP contribution in [0.5, 0.6) is 0 Å². The zero-order valence-corrected chi connectivity index (χ0v) is 15.7. The van der Waals surface area contributed by atoms with E-state index in [0.29, 0.717) is 11.3 Å². The van der Waals surface area contributed by atoms with E-state index in [2.05, 4.69) is 15.3 Å². The Kier molecular flexibility index (Phi) is 5.62. The quantitative estimate of drug-likeness (QED) is 0.679. The first-order valence-corrected chi connectivity index (χ1v) is 9.75. The number of anilines is 1. The summed E-state index contributed by atoms with van der Waals surface area (Å²) in [5.41, 5.74) is 6.26. The van der Waals surface area contributed by atoms with Crippen molar-refractivity contribution in [1.82, 2.24) is 15.3 Å². The van der Waals surface area contributed by atoms with Crippen molar-refractivity contribution in [3.8, 4) is 11.3 Å². The van der Waals surface area contributed by atoms with Crippen LogP contribution in [-0.2, 0) is 9.84 Å². The SMILES string of the molecule is CC(C)(CO)CNC(=O)c1nc(-c2ccc(S(C)(=O)=O)cc2)cnc1N. The fourth-order valence-electron chi connectivity index (χ4n) is 2.04. The first-order valence-electron chi connectivity index (χ1n) is 7.85. The number of amides is 1. The van der Waals surface area contributed by atoms with Crippen molar-refractivity contribution in [1.29, 1.82) is 0 Å². The van der Waals surface area contributed by atoms with Crippen LogP contribution in [0, 0.1) is 5.41 Å². The maximum atomic E-state index is 12.3. The van der Waals surface area contributed by atoms with E-state index >= 15 is 0 Å². The Labute approximate surface area is 152 Å². The number of hydrogen-bond acceptors (Lipinski definition) is 7. The van der Waals surface area contributed by atoms with Crippen LogP contribution in [0.1, 0.15) is 24.3 Å². The van der Waals surface area contributed by atoms with E-state index < -0.39 is 21.2 Å². The Morgan fingerprint density at radius 1 is 1.27 bits per heavy atom. The summed E-state index contributed by atoms with van der Waals surface area (Å²) in [7, 11) is -3.29. The molecule has 0 aliphatic carbocycles. The van der Waals surface area contributed by atoms with Gasteiger partial charge >= 0.3 is 0 Å². The van der Waals surface area contributed by atoms with Gasteiger partial charge in [0, 0.05) is 30.4 Å². The molecule has 1 aromatic heterocycles. The minimum atomic E-state index is -3.29. The third-order valence-electron chi connectivity index (χ3n) is 3.75. The lowest BCUT2D eigenvalue weighted by atomic mass is 9.95. The van der Waals surface area contributed by atoms with Crippen molar-refractivity contribution in [2.24, 2.45) is 5.41 Å². The van der Waals surface area contributed by atoms with E-state index in [4.69, 9.17) is 5.73 Å². The Hall–Kier alpha value is -2.52. The number of nitrogens with two attached hydrogens (primary N) is 1. The molecular formula is C17H22N4O4S. The lowest BCUT2D eigenvalue weighted by molar-refractivity contribution is 0.0907. The molecule has 0 bridgehead atoms. The van der Waals surface area contributed by atoms with Gasteiger partial charge in [-0.05, 0) is 12.1 Å². The highest BCUT2D eigenvalue weighted by molar-refractivity contribution is 7.90. The summed E-state index contributed by atoms with van der Waals surface area (Å²) in [6.07, 6.45) is 2.54. The van der Waals surface area contributed by atoms with Crippen LogP contribution in [-0.4, -0.2) is 48.8 Å². The van der Waals surface area contributed by atoms with Gasteiger partial charge in [-0.1, -0.05) is 26.0 Å². The zero-order chi connectivity index (χ0) is 19.5. The van der Waals surface area contributed by atoms with Crippen molar-refractivity contribution in [2.45, 2.75) is 18.7 Å². The third-order valence-corrected chi connectivity index (χ3v) is 4.88. The summed E-state index contributed by atoms with van der Waals surface area (Å²) in [6, 6.07) is 6.11. The predicted octanol–water partition coefficient (Wildman–Crippen LogP) is 0.878. The Morgan fingerprint density at radius 3 is 2.42 bits per heavy atom. The first-order chi connectivity index (χ1) is 12.0. The van der Waals surface area contributed by atoms with Gasteiger partial charge in [-0.2, -0.15) is 0 Å². The number of aromatic nitrogens is 2. The highest BCUT2D eigenvalue weighted by Crippen LogP contribution is 2.21. The van der Waals surface area contributed by atoms with Crippen LogP contribution >= 0.6 is 0 Å². The summed E-state index contributed by atoms with van der Waals surface area (Å²) < 4.78 is 23.1. The molecule has 0 saturated heterocycles. The monoisotopic (exact) mass is 378 g/mol. The van der Waals surface area contributed by atoms with E-state index in [9.17, 15) is 18.3 Å². The molecule has 0 radical (unpaired) electrons. The molecule has 0 spiro atoms. The number of nitrogens with zero attached hydrogens (tertiary/aromatic N) is 2. The molecule has 0 saturated carbocycles. The average molecular weight is 378 g/mol. The predicted molar refractivity (Wildman–Crippen MR) is 98.2 cm³/mol. The maximum absolute atomic E-state index is 12.3. The second-order valence-corrected chi connectivity index (χ2v) is 8.81. The topological polar surface area (TPSA) is 135 Å². The average Bonchev–Trinajstić information content (AvgIpc) is 2.59. The molecule has 0 unspecified atom stereocenters. The molecule has 2 rings (SSSR count). The van der Waals surface area contributed by atoms with Crippen LogP contribution in [0.15, 0.2) is 35.4 Å². The molecule has 1 aromatic carbocycles. The van der Waals surface area contributed by atoms with Gasteiger partial charge < -0.3 is 16.2 Å². The number of aliphatic hydroxyl groups is 1. The van der Waals surface area contributed by atoms with Crippen LogP contribution < -0.4 is 11.1 Å². The van der Waals surface area contributed by atoms with E-state index in [1.165, 1.54) is 18.3 Å². The van der Waals surface area contributed by atoms with Crippen molar-refractivity contribution in [3.63, 3.8) is 0 Å². The van der Waals surface area contributed by atoms with Crippen molar-refractivity contribution in [2.75, 3.05) is 25.1 Å². The lowest BCUT2D eigenvalue weighted by Crippen LogP contribution is -2.36. The Bertz CT molecular complexity index is 909. The molecule has 4 N–H and O–H groups in total.